The van der Waals surface area contributed by atoms with Crippen molar-refractivity contribution in [3.63, 3.8) is 0 Å². The summed E-state index contributed by atoms with van der Waals surface area (Å²) in [5.74, 6) is 6.21. The summed E-state index contributed by atoms with van der Waals surface area (Å²) in [6.07, 6.45) is 5.74. The lowest BCUT2D eigenvalue weighted by Gasteiger charge is -2.25. The highest BCUT2D eigenvalue weighted by Gasteiger charge is 2.18. The molecule has 0 radical (unpaired) electrons. The number of nitrogens with one attached hydrogen (secondary N) is 1. The molecule has 1 aliphatic rings. The lowest BCUT2D eigenvalue weighted by molar-refractivity contribution is 0.0934. The second-order valence-electron chi connectivity index (χ2n) is 4.71. The van der Waals surface area contributed by atoms with Crippen LogP contribution in [0.15, 0.2) is 18.3 Å². The Labute approximate surface area is 113 Å². The third-order valence-corrected chi connectivity index (χ3v) is 3.24. The fourth-order valence-electron chi connectivity index (χ4n) is 1.85. The van der Waals surface area contributed by atoms with Gasteiger partial charge in [0, 0.05) is 24.7 Å². The first-order valence-electron chi connectivity index (χ1n) is 6.63. The SMILES string of the molecule is O=C(NCC1CCC1)c1ccc(C#CCCO)cn1. The third-order valence-electron chi connectivity index (χ3n) is 3.24. The van der Waals surface area contributed by atoms with Crippen LogP contribution in [0, 0.1) is 17.8 Å². The minimum atomic E-state index is -0.123. The van der Waals surface area contributed by atoms with E-state index in [0.29, 0.717) is 18.0 Å². The predicted octanol–water partition coefficient (Wildman–Crippen LogP) is 1.35. The minimum absolute atomic E-state index is 0.0576. The van der Waals surface area contributed by atoms with E-state index in [9.17, 15) is 4.79 Å². The van der Waals surface area contributed by atoms with Gasteiger partial charge in [-0.3, -0.25) is 4.79 Å². The summed E-state index contributed by atoms with van der Waals surface area (Å²) >= 11 is 0. The van der Waals surface area contributed by atoms with Gasteiger partial charge in [0.15, 0.2) is 0 Å². The average molecular weight is 258 g/mol. The Balaban J connectivity index is 1.86. The van der Waals surface area contributed by atoms with Crippen LogP contribution < -0.4 is 5.32 Å². The van der Waals surface area contributed by atoms with E-state index in [-0.39, 0.29) is 12.5 Å². The summed E-state index contributed by atoms with van der Waals surface area (Å²) < 4.78 is 0. The maximum absolute atomic E-state index is 11.8. The largest absolute Gasteiger partial charge is 0.395 e. The maximum Gasteiger partial charge on any atom is 0.269 e. The zero-order chi connectivity index (χ0) is 13.5. The van der Waals surface area contributed by atoms with Gasteiger partial charge in [-0.05, 0) is 30.9 Å². The number of hydrogen-bond acceptors (Lipinski definition) is 3. The van der Waals surface area contributed by atoms with E-state index < -0.39 is 0 Å². The topological polar surface area (TPSA) is 62.2 Å². The fraction of sp³-hybridized carbons (Fsp3) is 0.467. The fourth-order valence-corrected chi connectivity index (χ4v) is 1.85. The molecular weight excluding hydrogens is 240 g/mol. The van der Waals surface area contributed by atoms with Crippen molar-refractivity contribution in [1.29, 1.82) is 0 Å². The van der Waals surface area contributed by atoms with E-state index in [1.54, 1.807) is 18.3 Å². The van der Waals surface area contributed by atoms with Gasteiger partial charge in [-0.2, -0.15) is 0 Å². The van der Waals surface area contributed by atoms with E-state index >= 15 is 0 Å². The molecule has 0 saturated heterocycles. The van der Waals surface area contributed by atoms with Crippen LogP contribution in [0.5, 0.6) is 0 Å². The Morgan fingerprint density at radius 2 is 2.32 bits per heavy atom. The maximum atomic E-state index is 11.8. The zero-order valence-electron chi connectivity index (χ0n) is 10.9. The quantitative estimate of drug-likeness (QED) is 0.801. The third kappa shape index (κ3) is 4.08. The molecule has 2 rings (SSSR count). The number of rotatable bonds is 4. The lowest BCUT2D eigenvalue weighted by Crippen LogP contribution is -2.32. The molecule has 0 bridgehead atoms. The number of carbonyl (C=O) groups is 1. The molecule has 2 N–H and O–H groups in total. The summed E-state index contributed by atoms with van der Waals surface area (Å²) in [5, 5.41) is 11.5. The summed E-state index contributed by atoms with van der Waals surface area (Å²) in [6.45, 7) is 0.806. The summed E-state index contributed by atoms with van der Waals surface area (Å²) in [6, 6.07) is 3.45. The second kappa shape index (κ2) is 6.91. The van der Waals surface area contributed by atoms with E-state index in [1.165, 1.54) is 19.3 Å². The van der Waals surface area contributed by atoms with Crippen LogP contribution in [0.4, 0.5) is 0 Å². The Morgan fingerprint density at radius 1 is 1.47 bits per heavy atom. The smallest absolute Gasteiger partial charge is 0.269 e. The van der Waals surface area contributed by atoms with E-state index in [2.05, 4.69) is 22.1 Å². The van der Waals surface area contributed by atoms with Gasteiger partial charge in [-0.1, -0.05) is 18.3 Å². The van der Waals surface area contributed by atoms with Crippen molar-refractivity contribution in [2.45, 2.75) is 25.7 Å². The van der Waals surface area contributed by atoms with E-state index in [1.807, 2.05) is 0 Å². The van der Waals surface area contributed by atoms with Gasteiger partial charge in [0.05, 0.1) is 6.61 Å². The molecule has 0 atom stereocenters. The number of aliphatic hydroxyl groups excluding tert-OH is 1. The van der Waals surface area contributed by atoms with Crippen LogP contribution >= 0.6 is 0 Å². The molecule has 1 fully saturated rings. The first-order valence-corrected chi connectivity index (χ1v) is 6.63. The minimum Gasteiger partial charge on any atom is -0.395 e. The van der Waals surface area contributed by atoms with Gasteiger partial charge in [-0.15, -0.1) is 0 Å². The monoisotopic (exact) mass is 258 g/mol. The molecule has 0 aromatic carbocycles. The first-order chi connectivity index (χ1) is 9.29. The highest BCUT2D eigenvalue weighted by Crippen LogP contribution is 2.25. The normalized spacial score (nSPS) is 14.2. The summed E-state index contributed by atoms with van der Waals surface area (Å²) in [7, 11) is 0. The number of aliphatic hydroxyl groups is 1. The Kier molecular flexibility index (Phi) is 4.93. The molecule has 1 aliphatic carbocycles. The van der Waals surface area contributed by atoms with E-state index in [4.69, 9.17) is 5.11 Å². The van der Waals surface area contributed by atoms with Crippen molar-refractivity contribution in [2.75, 3.05) is 13.2 Å². The summed E-state index contributed by atoms with van der Waals surface area (Å²) in [5.41, 5.74) is 1.18. The molecule has 1 amide bonds. The van der Waals surface area contributed by atoms with Crippen molar-refractivity contribution in [3.05, 3.63) is 29.6 Å². The van der Waals surface area contributed by atoms with Crippen molar-refractivity contribution in [1.82, 2.24) is 10.3 Å². The van der Waals surface area contributed by atoms with Crippen molar-refractivity contribution in [2.24, 2.45) is 5.92 Å². The Morgan fingerprint density at radius 3 is 2.89 bits per heavy atom. The van der Waals surface area contributed by atoms with Crippen molar-refractivity contribution >= 4 is 5.91 Å². The van der Waals surface area contributed by atoms with Crippen LogP contribution in [0.1, 0.15) is 41.7 Å². The molecule has 100 valence electrons. The van der Waals surface area contributed by atoms with Crippen LogP contribution in [-0.2, 0) is 0 Å². The first kappa shape index (κ1) is 13.6. The zero-order valence-corrected chi connectivity index (χ0v) is 10.9. The second-order valence-corrected chi connectivity index (χ2v) is 4.71. The van der Waals surface area contributed by atoms with E-state index in [0.717, 1.165) is 12.1 Å². The van der Waals surface area contributed by atoms with Gasteiger partial charge in [0.2, 0.25) is 0 Å². The molecule has 4 nitrogen and oxygen atoms in total. The molecule has 4 heteroatoms. The molecule has 1 heterocycles. The Hall–Kier alpha value is -1.86. The molecule has 1 saturated carbocycles. The highest BCUT2D eigenvalue weighted by molar-refractivity contribution is 5.92. The lowest BCUT2D eigenvalue weighted by atomic mass is 9.85. The number of hydrogen-bond donors (Lipinski definition) is 2. The van der Waals surface area contributed by atoms with Gasteiger partial charge in [-0.25, -0.2) is 4.98 Å². The number of amides is 1. The van der Waals surface area contributed by atoms with Gasteiger partial charge in [0.25, 0.3) is 5.91 Å². The molecule has 0 spiro atoms. The standard InChI is InChI=1S/C15H18N2O2/c18-9-2-1-4-13-7-8-14(16-10-13)15(19)17-11-12-5-3-6-12/h7-8,10,12,18H,2-3,5-6,9,11H2,(H,17,19). The van der Waals surface area contributed by atoms with Crippen LogP contribution in [0.3, 0.4) is 0 Å². The molecule has 0 aliphatic heterocycles. The number of aromatic nitrogens is 1. The highest BCUT2D eigenvalue weighted by atomic mass is 16.2. The van der Waals surface area contributed by atoms with Gasteiger partial charge >= 0.3 is 0 Å². The van der Waals surface area contributed by atoms with Crippen molar-refractivity contribution in [3.8, 4) is 11.8 Å². The number of carbonyl (C=O) groups excluding carboxylic acids is 1. The van der Waals surface area contributed by atoms with Crippen LogP contribution in [0.2, 0.25) is 0 Å². The number of pyridine rings is 1. The molecular formula is C15H18N2O2. The van der Waals surface area contributed by atoms with Crippen LogP contribution in [-0.4, -0.2) is 29.1 Å². The molecule has 1 aromatic rings. The van der Waals surface area contributed by atoms with Crippen molar-refractivity contribution < 1.29 is 9.90 Å². The van der Waals surface area contributed by atoms with Crippen LogP contribution in [0.25, 0.3) is 0 Å². The molecule has 0 unspecified atom stereocenters. The Bertz CT molecular complexity index is 481. The predicted molar refractivity (Wildman–Crippen MR) is 72.5 cm³/mol. The number of nitrogens with zero attached hydrogens (tertiary/aromatic N) is 1. The molecule has 1 aromatic heterocycles. The van der Waals surface area contributed by atoms with Gasteiger partial charge < -0.3 is 10.4 Å². The summed E-state index contributed by atoms with van der Waals surface area (Å²) in [4.78, 5) is 15.9. The molecule has 19 heavy (non-hydrogen) atoms. The average Bonchev–Trinajstić information content (AvgIpc) is 2.38. The van der Waals surface area contributed by atoms with Gasteiger partial charge in [0.1, 0.15) is 5.69 Å².